The maximum atomic E-state index is 12.0. The van der Waals surface area contributed by atoms with Crippen molar-refractivity contribution in [2.24, 2.45) is 0 Å². The maximum Gasteiger partial charge on any atom is 0.336 e. The highest BCUT2D eigenvalue weighted by atomic mass is 16.5. The third kappa shape index (κ3) is 1.87. The van der Waals surface area contributed by atoms with Crippen LogP contribution >= 0.6 is 0 Å². The molecule has 0 aromatic heterocycles. The highest BCUT2D eigenvalue weighted by molar-refractivity contribution is 6.04. The van der Waals surface area contributed by atoms with E-state index in [1.54, 1.807) is 0 Å². The number of carbonyl (C=O) groups is 2. The number of cyclic esters (lactones) is 1. The van der Waals surface area contributed by atoms with Crippen molar-refractivity contribution in [3.8, 4) is 0 Å². The number of hydrogen-bond donors (Lipinski definition) is 2. The summed E-state index contributed by atoms with van der Waals surface area (Å²) in [6, 6.07) is 0.480. The van der Waals surface area contributed by atoms with Crippen LogP contribution in [0.15, 0.2) is 11.3 Å². The summed E-state index contributed by atoms with van der Waals surface area (Å²) in [5.74, 6) is -0.506. The predicted molar refractivity (Wildman–Crippen MR) is 64.5 cm³/mol. The Morgan fingerprint density at radius 2 is 1.78 bits per heavy atom. The molecule has 2 saturated heterocycles. The van der Waals surface area contributed by atoms with Gasteiger partial charge >= 0.3 is 5.97 Å². The Labute approximate surface area is 106 Å². The second-order valence-electron chi connectivity index (χ2n) is 5.39. The molecule has 0 radical (unpaired) electrons. The Morgan fingerprint density at radius 3 is 2.39 bits per heavy atom. The zero-order chi connectivity index (χ0) is 12.7. The molecular formula is C13H18N2O3. The number of hydrogen-bond acceptors (Lipinski definition) is 4. The first-order chi connectivity index (χ1) is 8.65. The lowest BCUT2D eigenvalue weighted by Gasteiger charge is -2.38. The van der Waals surface area contributed by atoms with Crippen LogP contribution in [-0.2, 0) is 14.3 Å². The molecule has 5 heteroatoms. The number of ether oxygens (including phenoxy) is 1. The maximum absolute atomic E-state index is 12.0. The molecule has 3 fully saturated rings. The van der Waals surface area contributed by atoms with Crippen LogP contribution in [0, 0.1) is 0 Å². The van der Waals surface area contributed by atoms with E-state index in [-0.39, 0.29) is 30.1 Å². The summed E-state index contributed by atoms with van der Waals surface area (Å²) in [6.07, 6.45) is 4.80. The molecule has 0 aromatic carbocycles. The monoisotopic (exact) mass is 250 g/mol. The lowest BCUT2D eigenvalue weighted by Crippen LogP contribution is -2.59. The Morgan fingerprint density at radius 1 is 1.11 bits per heavy atom. The van der Waals surface area contributed by atoms with Crippen molar-refractivity contribution in [1.82, 2.24) is 10.6 Å². The predicted octanol–water partition coefficient (Wildman–Crippen LogP) is 0.606. The Hall–Kier alpha value is -1.52. The van der Waals surface area contributed by atoms with Crippen LogP contribution in [0.1, 0.15) is 39.0 Å². The number of fused-ring (bicyclic) bond motifs is 1. The van der Waals surface area contributed by atoms with Gasteiger partial charge in [-0.25, -0.2) is 4.79 Å². The molecule has 3 atom stereocenters. The molecule has 18 heavy (non-hydrogen) atoms. The molecule has 1 saturated carbocycles. The van der Waals surface area contributed by atoms with Gasteiger partial charge < -0.3 is 15.4 Å². The molecule has 98 valence electrons. The van der Waals surface area contributed by atoms with Gasteiger partial charge in [0.15, 0.2) is 0 Å². The Bertz CT molecular complexity index is 430. The Kier molecular flexibility index (Phi) is 2.76. The van der Waals surface area contributed by atoms with E-state index in [0.29, 0.717) is 17.7 Å². The lowest BCUT2D eigenvalue weighted by atomic mass is 9.88. The topological polar surface area (TPSA) is 67.4 Å². The van der Waals surface area contributed by atoms with Gasteiger partial charge in [-0.2, -0.15) is 0 Å². The molecule has 0 unspecified atom stereocenters. The van der Waals surface area contributed by atoms with Crippen LogP contribution in [0.25, 0.3) is 0 Å². The van der Waals surface area contributed by atoms with E-state index in [2.05, 4.69) is 10.6 Å². The molecular weight excluding hydrogens is 232 g/mol. The molecule has 1 amide bonds. The smallest absolute Gasteiger partial charge is 0.336 e. The van der Waals surface area contributed by atoms with Crippen molar-refractivity contribution in [2.75, 3.05) is 0 Å². The van der Waals surface area contributed by atoms with Gasteiger partial charge in [0.25, 0.3) is 5.91 Å². The number of piperazine rings is 1. The van der Waals surface area contributed by atoms with Crippen molar-refractivity contribution >= 4 is 11.9 Å². The second kappa shape index (κ2) is 4.30. The highest BCUT2D eigenvalue weighted by Gasteiger charge is 2.38. The third-order valence-electron chi connectivity index (χ3n) is 3.99. The fourth-order valence-corrected chi connectivity index (χ4v) is 3.06. The fourth-order valence-electron chi connectivity index (χ4n) is 3.06. The van der Waals surface area contributed by atoms with Crippen molar-refractivity contribution < 1.29 is 14.3 Å². The van der Waals surface area contributed by atoms with Crippen molar-refractivity contribution in [3.63, 3.8) is 0 Å². The van der Waals surface area contributed by atoms with E-state index in [4.69, 9.17) is 4.74 Å². The summed E-state index contributed by atoms with van der Waals surface area (Å²) in [5, 5.41) is 6.28. The first-order valence-electron chi connectivity index (χ1n) is 6.66. The van der Waals surface area contributed by atoms with Gasteiger partial charge in [-0.05, 0) is 19.8 Å². The van der Waals surface area contributed by atoms with Gasteiger partial charge in [0, 0.05) is 18.5 Å². The van der Waals surface area contributed by atoms with Crippen molar-refractivity contribution in [1.29, 1.82) is 0 Å². The number of esters is 1. The normalized spacial score (nSPS) is 39.7. The standard InChI is InChI=1S/C13H18N2O3/c1-7-6-8(13(17)18-7)11-12(16)15-10-5-3-2-4-9(10)14-11/h7,9-10,14H,2-6H2,1H3,(H,15,16)/b11-8-/t7-,9+,10-/m1/s1. The van der Waals surface area contributed by atoms with E-state index >= 15 is 0 Å². The quantitative estimate of drug-likeness (QED) is 0.488. The summed E-state index contributed by atoms with van der Waals surface area (Å²) in [5.41, 5.74) is 0.941. The molecule has 3 rings (SSSR count). The summed E-state index contributed by atoms with van der Waals surface area (Å²) < 4.78 is 5.09. The van der Waals surface area contributed by atoms with Gasteiger partial charge in [0.2, 0.25) is 0 Å². The van der Waals surface area contributed by atoms with Gasteiger partial charge in [-0.3, -0.25) is 4.79 Å². The molecule has 3 aliphatic rings. The van der Waals surface area contributed by atoms with E-state index in [1.165, 1.54) is 6.42 Å². The SMILES string of the molecule is C[C@@H]1C/C(=C2/N[C@H]3CCCC[C@H]3NC2=O)C(=O)O1. The van der Waals surface area contributed by atoms with Crippen molar-refractivity contribution in [2.45, 2.75) is 57.2 Å². The van der Waals surface area contributed by atoms with Gasteiger partial charge in [-0.1, -0.05) is 12.8 Å². The zero-order valence-corrected chi connectivity index (χ0v) is 10.5. The van der Waals surface area contributed by atoms with Crippen LogP contribution in [0.5, 0.6) is 0 Å². The minimum Gasteiger partial charge on any atom is -0.459 e. The first-order valence-corrected chi connectivity index (χ1v) is 6.66. The summed E-state index contributed by atoms with van der Waals surface area (Å²) in [7, 11) is 0. The molecule has 2 heterocycles. The summed E-state index contributed by atoms with van der Waals surface area (Å²) >= 11 is 0. The molecule has 5 nitrogen and oxygen atoms in total. The number of rotatable bonds is 0. The minimum absolute atomic E-state index is 0.126. The molecule has 0 bridgehead atoms. The summed E-state index contributed by atoms with van der Waals surface area (Å²) in [4.78, 5) is 23.7. The largest absolute Gasteiger partial charge is 0.459 e. The van der Waals surface area contributed by atoms with Crippen LogP contribution in [-0.4, -0.2) is 30.1 Å². The summed E-state index contributed by atoms with van der Waals surface area (Å²) in [6.45, 7) is 1.84. The molecule has 2 N–H and O–H groups in total. The third-order valence-corrected chi connectivity index (χ3v) is 3.99. The lowest BCUT2D eigenvalue weighted by molar-refractivity contribution is -0.138. The zero-order valence-electron chi connectivity index (χ0n) is 10.5. The number of nitrogens with one attached hydrogen (secondary N) is 2. The van der Waals surface area contributed by atoms with Gasteiger partial charge in [0.1, 0.15) is 11.8 Å². The van der Waals surface area contributed by atoms with Gasteiger partial charge in [-0.15, -0.1) is 0 Å². The number of amides is 1. The van der Waals surface area contributed by atoms with Crippen LogP contribution < -0.4 is 10.6 Å². The van der Waals surface area contributed by atoms with Crippen LogP contribution in [0.4, 0.5) is 0 Å². The molecule has 0 aromatic rings. The average Bonchev–Trinajstić information content (AvgIpc) is 2.67. The van der Waals surface area contributed by atoms with Crippen LogP contribution in [0.2, 0.25) is 0 Å². The molecule has 1 aliphatic carbocycles. The minimum atomic E-state index is -0.352. The first kappa shape index (κ1) is 11.6. The van der Waals surface area contributed by atoms with Gasteiger partial charge in [0.05, 0.1) is 5.57 Å². The van der Waals surface area contributed by atoms with E-state index in [0.717, 1.165) is 19.3 Å². The second-order valence-corrected chi connectivity index (χ2v) is 5.39. The molecule has 2 aliphatic heterocycles. The molecule has 0 spiro atoms. The van der Waals surface area contributed by atoms with E-state index < -0.39 is 0 Å². The average molecular weight is 250 g/mol. The van der Waals surface area contributed by atoms with E-state index in [9.17, 15) is 9.59 Å². The number of carbonyl (C=O) groups excluding carboxylic acids is 2. The Balaban J connectivity index is 1.86. The van der Waals surface area contributed by atoms with E-state index in [1.807, 2.05) is 6.92 Å². The highest BCUT2D eigenvalue weighted by Crippen LogP contribution is 2.27. The fraction of sp³-hybridized carbons (Fsp3) is 0.692. The van der Waals surface area contributed by atoms with Crippen molar-refractivity contribution in [3.05, 3.63) is 11.3 Å². The van der Waals surface area contributed by atoms with Crippen LogP contribution in [0.3, 0.4) is 0 Å².